The fraction of sp³-hybridized carbons (Fsp3) is 0.0667. The van der Waals surface area contributed by atoms with Gasteiger partial charge < -0.3 is 5.32 Å². The number of benzene rings is 2. The summed E-state index contributed by atoms with van der Waals surface area (Å²) in [6.07, 6.45) is 0. The van der Waals surface area contributed by atoms with E-state index < -0.39 is 16.6 Å². The van der Waals surface area contributed by atoms with Gasteiger partial charge in [-0.3, -0.25) is 20.2 Å². The van der Waals surface area contributed by atoms with Crippen LogP contribution in [0.1, 0.15) is 15.9 Å². The topological polar surface area (TPSA) is 84.3 Å². The maximum atomic E-state index is 13.7. The van der Waals surface area contributed by atoms with E-state index >= 15 is 0 Å². The Balaban J connectivity index is 2.10. The number of carbonyl (C=O) groups is 1. The van der Waals surface area contributed by atoms with E-state index in [0.29, 0.717) is 10.0 Å². The van der Waals surface area contributed by atoms with E-state index in [1.165, 1.54) is 24.3 Å². The van der Waals surface area contributed by atoms with Gasteiger partial charge in [-0.15, -0.1) is 0 Å². The number of rotatable bonds is 3. The minimum absolute atomic E-state index is 0.0766. The van der Waals surface area contributed by atoms with Gasteiger partial charge in [0, 0.05) is 21.7 Å². The Morgan fingerprint density at radius 3 is 2.62 bits per heavy atom. The van der Waals surface area contributed by atoms with Gasteiger partial charge in [-0.05, 0) is 43.4 Å². The monoisotopic (exact) mass is 411 g/mol. The molecule has 0 aromatic heterocycles. The average molecular weight is 412 g/mol. The summed E-state index contributed by atoms with van der Waals surface area (Å²) in [5.74, 6) is -1.18. The third-order valence-electron chi connectivity index (χ3n) is 3.07. The largest absolute Gasteiger partial charge is 0.330 e. The molecule has 6 nitrogen and oxygen atoms in total. The molecule has 0 heterocycles. The Bertz CT molecular complexity index is 845. The quantitative estimate of drug-likeness (QED) is 0.454. The molecule has 2 rings (SSSR count). The number of anilines is 1. The molecule has 2 aromatic rings. The molecule has 24 heavy (non-hydrogen) atoms. The van der Waals surface area contributed by atoms with Crippen molar-refractivity contribution in [3.05, 3.63) is 67.9 Å². The van der Waals surface area contributed by atoms with Crippen molar-refractivity contribution in [2.24, 2.45) is 0 Å². The lowest BCUT2D eigenvalue weighted by Gasteiger charge is -2.10. The minimum atomic E-state index is -0.631. The fourth-order valence-electron chi connectivity index (χ4n) is 1.87. The van der Waals surface area contributed by atoms with Crippen molar-refractivity contribution < 1.29 is 14.1 Å². The number of halogens is 2. The van der Waals surface area contributed by atoms with Gasteiger partial charge in [0.15, 0.2) is 5.11 Å². The van der Waals surface area contributed by atoms with Crippen molar-refractivity contribution in [2.75, 3.05) is 5.32 Å². The van der Waals surface area contributed by atoms with Crippen LogP contribution in [-0.2, 0) is 0 Å². The predicted octanol–water partition coefficient (Wildman–Crippen LogP) is 3.93. The van der Waals surface area contributed by atoms with Crippen LogP contribution in [-0.4, -0.2) is 15.9 Å². The number of hydrogen-bond donors (Lipinski definition) is 2. The molecule has 0 radical (unpaired) electrons. The molecule has 0 aliphatic rings. The van der Waals surface area contributed by atoms with Crippen molar-refractivity contribution in [2.45, 2.75) is 6.92 Å². The maximum Gasteiger partial charge on any atom is 0.273 e. The first kappa shape index (κ1) is 18.0. The maximum absolute atomic E-state index is 13.7. The van der Waals surface area contributed by atoms with Gasteiger partial charge in [0.1, 0.15) is 5.82 Å². The van der Waals surface area contributed by atoms with Crippen LogP contribution in [0.3, 0.4) is 0 Å². The summed E-state index contributed by atoms with van der Waals surface area (Å²) in [6.45, 7) is 1.57. The second-order valence-electron chi connectivity index (χ2n) is 4.79. The lowest BCUT2D eigenvalue weighted by Crippen LogP contribution is -2.34. The summed E-state index contributed by atoms with van der Waals surface area (Å²) in [6, 6.07) is 8.38. The number of amides is 1. The van der Waals surface area contributed by atoms with E-state index in [0.717, 1.165) is 6.07 Å². The molecular weight excluding hydrogens is 401 g/mol. The second-order valence-corrected chi connectivity index (χ2v) is 6.11. The molecule has 2 aromatic carbocycles. The minimum Gasteiger partial charge on any atom is -0.330 e. The van der Waals surface area contributed by atoms with Crippen molar-refractivity contribution in [3.63, 3.8) is 0 Å². The van der Waals surface area contributed by atoms with Crippen LogP contribution in [0.5, 0.6) is 0 Å². The summed E-state index contributed by atoms with van der Waals surface area (Å²) in [5.41, 5.74) is 0.445. The zero-order chi connectivity index (χ0) is 17.9. The van der Waals surface area contributed by atoms with E-state index in [-0.39, 0.29) is 22.1 Å². The van der Waals surface area contributed by atoms with Crippen molar-refractivity contribution in [1.29, 1.82) is 0 Å². The molecular formula is C15H11BrFN3O3S. The van der Waals surface area contributed by atoms with Gasteiger partial charge in [0.25, 0.3) is 11.6 Å². The summed E-state index contributed by atoms with van der Waals surface area (Å²) in [5, 5.41) is 15.7. The number of nitro benzene ring substituents is 1. The zero-order valence-corrected chi connectivity index (χ0v) is 14.7. The first-order valence-electron chi connectivity index (χ1n) is 6.60. The number of carbonyl (C=O) groups excluding carboxylic acids is 1. The highest BCUT2D eigenvalue weighted by atomic mass is 79.9. The number of thiocarbonyl (C=S) groups is 1. The molecule has 0 bridgehead atoms. The molecule has 1 amide bonds. The van der Waals surface area contributed by atoms with Crippen LogP contribution in [0.15, 0.2) is 40.9 Å². The SMILES string of the molecule is Cc1ccc(C(=O)NC(=S)Nc2ccc(Br)cc2F)cc1[N+](=O)[O-]. The molecule has 0 spiro atoms. The molecule has 0 atom stereocenters. The molecule has 0 unspecified atom stereocenters. The molecule has 9 heteroatoms. The van der Waals surface area contributed by atoms with Gasteiger partial charge in [0.2, 0.25) is 0 Å². The van der Waals surface area contributed by atoms with Crippen molar-refractivity contribution in [3.8, 4) is 0 Å². The van der Waals surface area contributed by atoms with Crippen LogP contribution in [0, 0.1) is 22.9 Å². The molecule has 0 aliphatic carbocycles. The first-order valence-corrected chi connectivity index (χ1v) is 7.80. The summed E-state index contributed by atoms with van der Waals surface area (Å²) >= 11 is 8.09. The second kappa shape index (κ2) is 7.45. The molecule has 0 fully saturated rings. The van der Waals surface area contributed by atoms with E-state index in [9.17, 15) is 19.3 Å². The molecule has 0 aliphatic heterocycles. The molecule has 0 saturated heterocycles. The molecule has 124 valence electrons. The summed E-state index contributed by atoms with van der Waals surface area (Å²) in [7, 11) is 0. The third-order valence-corrected chi connectivity index (χ3v) is 3.77. The van der Waals surface area contributed by atoms with Crippen molar-refractivity contribution >= 4 is 50.5 Å². The Hall–Kier alpha value is -2.39. The predicted molar refractivity (Wildman–Crippen MR) is 95.6 cm³/mol. The lowest BCUT2D eigenvalue weighted by molar-refractivity contribution is -0.385. The Morgan fingerprint density at radius 2 is 2.00 bits per heavy atom. The smallest absolute Gasteiger partial charge is 0.273 e. The standard InChI is InChI=1S/C15H11BrFN3O3S/c1-8-2-3-9(6-13(8)20(22)23)14(21)19-15(24)18-12-5-4-10(16)7-11(12)17/h2-7H,1H3,(H2,18,19,21,24). The molecule has 2 N–H and O–H groups in total. The Kier molecular flexibility index (Phi) is 5.58. The van der Waals surface area contributed by atoms with Gasteiger partial charge in [-0.25, -0.2) is 4.39 Å². The van der Waals surface area contributed by atoms with E-state index in [1.807, 2.05) is 0 Å². The van der Waals surface area contributed by atoms with Gasteiger partial charge in [-0.1, -0.05) is 22.0 Å². The third kappa shape index (κ3) is 4.33. The first-order chi connectivity index (χ1) is 11.3. The van der Waals surface area contributed by atoms with Crippen LogP contribution in [0.4, 0.5) is 15.8 Å². The van der Waals surface area contributed by atoms with Gasteiger partial charge in [0.05, 0.1) is 10.6 Å². The fourth-order valence-corrected chi connectivity index (χ4v) is 2.40. The van der Waals surface area contributed by atoms with Crippen LogP contribution < -0.4 is 10.6 Å². The number of hydrogen-bond acceptors (Lipinski definition) is 4. The highest BCUT2D eigenvalue weighted by Crippen LogP contribution is 2.20. The zero-order valence-electron chi connectivity index (χ0n) is 12.3. The van der Waals surface area contributed by atoms with E-state index in [4.69, 9.17) is 12.2 Å². The number of nitrogens with one attached hydrogen (secondary N) is 2. The number of nitrogens with zero attached hydrogens (tertiary/aromatic N) is 1. The Labute approximate surface area is 150 Å². The summed E-state index contributed by atoms with van der Waals surface area (Å²) < 4.78 is 14.3. The van der Waals surface area contributed by atoms with Gasteiger partial charge in [-0.2, -0.15) is 0 Å². The highest BCUT2D eigenvalue weighted by Gasteiger charge is 2.16. The van der Waals surface area contributed by atoms with Crippen LogP contribution >= 0.6 is 28.1 Å². The van der Waals surface area contributed by atoms with Crippen molar-refractivity contribution in [1.82, 2.24) is 5.32 Å². The number of aryl methyl sites for hydroxylation is 1. The van der Waals surface area contributed by atoms with E-state index in [2.05, 4.69) is 26.6 Å². The number of nitro groups is 1. The summed E-state index contributed by atoms with van der Waals surface area (Å²) in [4.78, 5) is 22.5. The van der Waals surface area contributed by atoms with Crippen LogP contribution in [0.2, 0.25) is 0 Å². The lowest BCUT2D eigenvalue weighted by atomic mass is 10.1. The Morgan fingerprint density at radius 1 is 1.29 bits per heavy atom. The normalized spacial score (nSPS) is 10.1. The average Bonchev–Trinajstić information content (AvgIpc) is 2.50. The molecule has 0 saturated carbocycles. The van der Waals surface area contributed by atoms with Gasteiger partial charge >= 0.3 is 0 Å². The van der Waals surface area contributed by atoms with E-state index in [1.54, 1.807) is 13.0 Å². The highest BCUT2D eigenvalue weighted by molar-refractivity contribution is 9.10. The van der Waals surface area contributed by atoms with Crippen LogP contribution in [0.25, 0.3) is 0 Å².